The number of ether oxygens (including phenoxy) is 1. The van der Waals surface area contributed by atoms with Crippen molar-refractivity contribution in [2.45, 2.75) is 37.8 Å². The van der Waals surface area contributed by atoms with Crippen LogP contribution in [0.25, 0.3) is 0 Å². The number of hydrogen-bond donors (Lipinski definition) is 4. The molecular weight excluding hydrogens is 312 g/mol. The van der Waals surface area contributed by atoms with Gasteiger partial charge >= 0.3 is 6.03 Å². The minimum absolute atomic E-state index is 0.254. The molecule has 0 bridgehead atoms. The van der Waals surface area contributed by atoms with E-state index in [2.05, 4.69) is 21.5 Å². The highest BCUT2D eigenvalue weighted by Crippen LogP contribution is 2.19. The minimum Gasteiger partial charge on any atom is -0.368 e. The molecule has 24 heavy (non-hydrogen) atoms. The molecule has 1 saturated carbocycles. The molecule has 0 aromatic heterocycles. The van der Waals surface area contributed by atoms with Gasteiger partial charge in [0.15, 0.2) is 0 Å². The fourth-order valence-corrected chi connectivity index (χ4v) is 2.37. The molecule has 128 valence electrons. The maximum absolute atomic E-state index is 12.1. The molecule has 3 rings (SSSR count). The SMILES string of the molecule is O=C(Nc1cccc(C(=O)NNC(=O)[C@@H]2CCCO2)c1)NC1CC1. The minimum atomic E-state index is -0.510. The molecule has 4 amide bonds. The molecule has 4 N–H and O–H groups in total. The van der Waals surface area contributed by atoms with Crippen molar-refractivity contribution in [3.8, 4) is 0 Å². The molecule has 1 atom stereocenters. The molecule has 2 fully saturated rings. The maximum atomic E-state index is 12.1. The summed E-state index contributed by atoms with van der Waals surface area (Å²) in [5.41, 5.74) is 5.54. The summed E-state index contributed by atoms with van der Waals surface area (Å²) in [6, 6.07) is 6.45. The Hall–Kier alpha value is -2.61. The molecule has 1 saturated heterocycles. The zero-order chi connectivity index (χ0) is 16.9. The third-order valence-electron chi connectivity index (χ3n) is 3.82. The summed E-state index contributed by atoms with van der Waals surface area (Å²) in [5, 5.41) is 5.48. The van der Waals surface area contributed by atoms with Gasteiger partial charge in [-0.3, -0.25) is 20.4 Å². The Bertz CT molecular complexity index is 639. The monoisotopic (exact) mass is 332 g/mol. The Morgan fingerprint density at radius 2 is 1.92 bits per heavy atom. The number of urea groups is 1. The summed E-state index contributed by atoms with van der Waals surface area (Å²) in [5.74, 6) is -0.827. The lowest BCUT2D eigenvalue weighted by atomic mass is 10.2. The number of hydrogen-bond acceptors (Lipinski definition) is 4. The average molecular weight is 332 g/mol. The normalized spacial score (nSPS) is 19.4. The van der Waals surface area contributed by atoms with Crippen LogP contribution in [0.3, 0.4) is 0 Å². The molecular formula is C16H20N4O4. The van der Waals surface area contributed by atoms with E-state index in [1.807, 2.05) is 0 Å². The molecule has 1 aromatic rings. The van der Waals surface area contributed by atoms with E-state index in [0.29, 0.717) is 24.3 Å². The number of hydrazine groups is 1. The van der Waals surface area contributed by atoms with Crippen molar-refractivity contribution in [2.24, 2.45) is 0 Å². The highest BCUT2D eigenvalue weighted by Gasteiger charge is 2.24. The summed E-state index contributed by atoms with van der Waals surface area (Å²) in [7, 11) is 0. The van der Waals surface area contributed by atoms with Crippen molar-refractivity contribution < 1.29 is 19.1 Å². The van der Waals surface area contributed by atoms with Crippen LogP contribution in [-0.2, 0) is 9.53 Å². The molecule has 8 heteroatoms. The van der Waals surface area contributed by atoms with Gasteiger partial charge in [-0.1, -0.05) is 6.07 Å². The second-order valence-corrected chi connectivity index (χ2v) is 5.90. The molecule has 1 heterocycles. The van der Waals surface area contributed by atoms with Gasteiger partial charge in [-0.2, -0.15) is 0 Å². The van der Waals surface area contributed by atoms with Crippen LogP contribution in [0.15, 0.2) is 24.3 Å². The number of amides is 4. The standard InChI is InChI=1S/C16H20N4O4/c21-14(19-20-15(22)13-5-2-8-24-13)10-3-1-4-12(9-10)18-16(23)17-11-6-7-11/h1,3-4,9,11,13H,2,5-8H2,(H,19,21)(H,20,22)(H2,17,18,23)/t13-/m0/s1. The van der Waals surface area contributed by atoms with Crippen LogP contribution >= 0.6 is 0 Å². The predicted molar refractivity (Wildman–Crippen MR) is 86.2 cm³/mol. The van der Waals surface area contributed by atoms with Crippen LogP contribution in [0, 0.1) is 0 Å². The summed E-state index contributed by atoms with van der Waals surface area (Å²) >= 11 is 0. The summed E-state index contributed by atoms with van der Waals surface area (Å²) in [6.07, 6.45) is 2.98. The highest BCUT2D eigenvalue weighted by atomic mass is 16.5. The van der Waals surface area contributed by atoms with Crippen LogP contribution in [-0.4, -0.2) is 36.6 Å². The number of rotatable bonds is 4. The van der Waals surface area contributed by atoms with Crippen molar-refractivity contribution in [1.82, 2.24) is 16.2 Å². The van der Waals surface area contributed by atoms with E-state index in [1.165, 1.54) is 0 Å². The second-order valence-electron chi connectivity index (χ2n) is 5.90. The molecule has 0 unspecified atom stereocenters. The first kappa shape index (κ1) is 16.3. The smallest absolute Gasteiger partial charge is 0.319 e. The van der Waals surface area contributed by atoms with Gasteiger partial charge in [0.05, 0.1) is 0 Å². The van der Waals surface area contributed by atoms with Gasteiger partial charge < -0.3 is 15.4 Å². The number of benzene rings is 1. The largest absolute Gasteiger partial charge is 0.368 e. The third kappa shape index (κ3) is 4.45. The van der Waals surface area contributed by atoms with Crippen LogP contribution in [0.5, 0.6) is 0 Å². The zero-order valence-corrected chi connectivity index (χ0v) is 13.1. The Morgan fingerprint density at radius 1 is 1.08 bits per heavy atom. The van der Waals surface area contributed by atoms with Gasteiger partial charge in [-0.15, -0.1) is 0 Å². The van der Waals surface area contributed by atoms with Gasteiger partial charge in [0.25, 0.3) is 11.8 Å². The van der Waals surface area contributed by atoms with Crippen LogP contribution < -0.4 is 21.5 Å². The first-order valence-corrected chi connectivity index (χ1v) is 8.01. The van der Waals surface area contributed by atoms with E-state index in [1.54, 1.807) is 24.3 Å². The van der Waals surface area contributed by atoms with E-state index >= 15 is 0 Å². The topological polar surface area (TPSA) is 109 Å². The summed E-state index contributed by atoms with van der Waals surface area (Å²) < 4.78 is 5.23. The Morgan fingerprint density at radius 3 is 2.62 bits per heavy atom. The van der Waals surface area contributed by atoms with Crippen molar-refractivity contribution in [3.05, 3.63) is 29.8 Å². The molecule has 1 aromatic carbocycles. The van der Waals surface area contributed by atoms with Crippen molar-refractivity contribution in [3.63, 3.8) is 0 Å². The number of carbonyl (C=O) groups excluding carboxylic acids is 3. The van der Waals surface area contributed by atoms with E-state index in [9.17, 15) is 14.4 Å². The quantitative estimate of drug-likeness (QED) is 0.615. The lowest BCUT2D eigenvalue weighted by Gasteiger charge is -2.12. The lowest BCUT2D eigenvalue weighted by molar-refractivity contribution is -0.130. The Balaban J connectivity index is 1.51. The fraction of sp³-hybridized carbons (Fsp3) is 0.438. The molecule has 2 aliphatic rings. The number of anilines is 1. The summed E-state index contributed by atoms with van der Waals surface area (Å²) in [4.78, 5) is 35.6. The first-order valence-electron chi connectivity index (χ1n) is 8.01. The van der Waals surface area contributed by atoms with Crippen molar-refractivity contribution in [2.75, 3.05) is 11.9 Å². The van der Waals surface area contributed by atoms with Gasteiger partial charge in [0, 0.05) is 23.9 Å². The third-order valence-corrected chi connectivity index (χ3v) is 3.82. The average Bonchev–Trinajstić information content (AvgIpc) is 3.21. The van der Waals surface area contributed by atoms with Gasteiger partial charge in [-0.05, 0) is 43.9 Å². The molecule has 8 nitrogen and oxygen atoms in total. The van der Waals surface area contributed by atoms with E-state index in [0.717, 1.165) is 19.3 Å². The van der Waals surface area contributed by atoms with Gasteiger partial charge in [-0.25, -0.2) is 4.79 Å². The van der Waals surface area contributed by atoms with E-state index in [-0.39, 0.29) is 18.0 Å². The van der Waals surface area contributed by atoms with Crippen LogP contribution in [0.4, 0.5) is 10.5 Å². The van der Waals surface area contributed by atoms with Gasteiger partial charge in [0.1, 0.15) is 6.10 Å². The predicted octanol–water partition coefficient (Wildman–Crippen LogP) is 0.910. The second kappa shape index (κ2) is 7.31. The van der Waals surface area contributed by atoms with E-state index < -0.39 is 12.0 Å². The van der Waals surface area contributed by atoms with Gasteiger partial charge in [0.2, 0.25) is 0 Å². The fourth-order valence-electron chi connectivity index (χ4n) is 2.37. The molecule has 1 aliphatic carbocycles. The first-order chi connectivity index (χ1) is 11.6. The van der Waals surface area contributed by atoms with Crippen LogP contribution in [0.1, 0.15) is 36.0 Å². The highest BCUT2D eigenvalue weighted by molar-refractivity contribution is 5.98. The Labute approximate surface area is 139 Å². The number of carbonyl (C=O) groups is 3. The molecule has 0 spiro atoms. The van der Waals surface area contributed by atoms with Crippen molar-refractivity contribution >= 4 is 23.5 Å². The van der Waals surface area contributed by atoms with Crippen molar-refractivity contribution in [1.29, 1.82) is 0 Å². The van der Waals surface area contributed by atoms with Crippen LogP contribution in [0.2, 0.25) is 0 Å². The Kier molecular flexibility index (Phi) is 4.95. The maximum Gasteiger partial charge on any atom is 0.319 e. The summed E-state index contributed by atoms with van der Waals surface area (Å²) in [6.45, 7) is 0.558. The molecule has 1 aliphatic heterocycles. The number of nitrogens with one attached hydrogen (secondary N) is 4. The lowest BCUT2D eigenvalue weighted by Crippen LogP contribution is -2.46. The van der Waals surface area contributed by atoms with E-state index in [4.69, 9.17) is 4.74 Å². The zero-order valence-electron chi connectivity index (χ0n) is 13.1. The molecule has 0 radical (unpaired) electrons.